The van der Waals surface area contributed by atoms with Gasteiger partial charge >= 0.3 is 0 Å². The first-order valence-corrected chi connectivity index (χ1v) is 6.51. The van der Waals surface area contributed by atoms with E-state index in [0.717, 1.165) is 11.3 Å². The highest BCUT2D eigenvalue weighted by atomic mass is 32.1. The molecule has 2 rings (SSSR count). The summed E-state index contributed by atoms with van der Waals surface area (Å²) in [6.45, 7) is 1.81. The van der Waals surface area contributed by atoms with Crippen LogP contribution in [0.1, 0.15) is 21.6 Å². The quantitative estimate of drug-likeness (QED) is 0.879. The summed E-state index contributed by atoms with van der Waals surface area (Å²) in [5, 5.41) is 0. The van der Waals surface area contributed by atoms with Gasteiger partial charge in [0.1, 0.15) is 4.99 Å². The van der Waals surface area contributed by atoms with Gasteiger partial charge in [-0.2, -0.15) is 0 Å². The maximum atomic E-state index is 12.5. The number of rotatable bonds is 3. The van der Waals surface area contributed by atoms with E-state index in [0.29, 0.717) is 16.2 Å². The highest BCUT2D eigenvalue weighted by Gasteiger charge is 2.16. The number of nitrogens with two attached hydrogens (primary N) is 1. The summed E-state index contributed by atoms with van der Waals surface area (Å²) in [5.74, 6) is -0.115. The third-order valence-electron chi connectivity index (χ3n) is 3.06. The fraction of sp³-hybridized carbons (Fsp3) is 0.133. The number of thiocarbonyl (C=S) groups is 1. The van der Waals surface area contributed by atoms with Crippen molar-refractivity contribution >= 4 is 28.8 Å². The van der Waals surface area contributed by atoms with Gasteiger partial charge in [0.05, 0.1) is 5.56 Å². The predicted octanol–water partition coefficient (Wildman–Crippen LogP) is 2.30. The van der Waals surface area contributed by atoms with Gasteiger partial charge in [-0.3, -0.25) is 9.78 Å². The summed E-state index contributed by atoms with van der Waals surface area (Å²) in [6, 6.07) is 10.8. The van der Waals surface area contributed by atoms with Crippen molar-refractivity contribution in [3.63, 3.8) is 0 Å². The average molecular weight is 285 g/mol. The summed E-state index contributed by atoms with van der Waals surface area (Å²) in [5.41, 5.74) is 8.37. The molecule has 0 fully saturated rings. The van der Waals surface area contributed by atoms with Gasteiger partial charge in [0.2, 0.25) is 0 Å². The normalized spacial score (nSPS) is 10.1. The van der Waals surface area contributed by atoms with Gasteiger partial charge in [0, 0.05) is 30.2 Å². The van der Waals surface area contributed by atoms with Gasteiger partial charge in [-0.25, -0.2) is 0 Å². The first-order chi connectivity index (χ1) is 9.50. The lowest BCUT2D eigenvalue weighted by Gasteiger charge is -2.18. The average Bonchev–Trinajstić information content (AvgIpc) is 2.46. The summed E-state index contributed by atoms with van der Waals surface area (Å²) in [7, 11) is 1.72. The zero-order valence-electron chi connectivity index (χ0n) is 11.3. The second kappa shape index (κ2) is 5.79. The first-order valence-electron chi connectivity index (χ1n) is 6.10. The Balaban J connectivity index is 2.34. The maximum Gasteiger partial charge on any atom is 0.259 e. The van der Waals surface area contributed by atoms with Gasteiger partial charge in [-0.05, 0) is 31.2 Å². The topological polar surface area (TPSA) is 59.2 Å². The number of hydrogen-bond donors (Lipinski definition) is 1. The lowest BCUT2D eigenvalue weighted by molar-refractivity contribution is 0.0992. The fourth-order valence-corrected chi connectivity index (χ4v) is 2.00. The number of nitrogens with zero attached hydrogens (tertiary/aromatic N) is 2. The molecule has 0 radical (unpaired) electrons. The number of carbonyl (C=O) groups excluding carboxylic acids is 1. The fourth-order valence-electron chi connectivity index (χ4n) is 1.88. The molecule has 1 aromatic carbocycles. The molecular weight excluding hydrogens is 270 g/mol. The Hall–Kier alpha value is -2.27. The van der Waals surface area contributed by atoms with E-state index in [1.54, 1.807) is 36.3 Å². The minimum absolute atomic E-state index is 0.115. The van der Waals surface area contributed by atoms with E-state index in [-0.39, 0.29) is 5.91 Å². The smallest absolute Gasteiger partial charge is 0.259 e. The van der Waals surface area contributed by atoms with Gasteiger partial charge in [-0.1, -0.05) is 24.4 Å². The van der Waals surface area contributed by atoms with Gasteiger partial charge in [-0.15, -0.1) is 0 Å². The number of amides is 1. The molecule has 2 aromatic rings. The largest absolute Gasteiger partial charge is 0.389 e. The Bertz CT molecular complexity index is 670. The van der Waals surface area contributed by atoms with Crippen LogP contribution in [0.2, 0.25) is 0 Å². The van der Waals surface area contributed by atoms with Gasteiger partial charge in [0.15, 0.2) is 0 Å². The standard InChI is InChI=1S/C15H15N3OS/c1-10-13(7-4-8-17-10)15(19)18(2)12-6-3-5-11(9-12)14(16)20/h3-9H,1-2H3,(H2,16,20). The Labute approximate surface area is 123 Å². The molecule has 0 aliphatic carbocycles. The molecule has 0 aliphatic rings. The van der Waals surface area contributed by atoms with Crippen molar-refractivity contribution in [3.05, 3.63) is 59.4 Å². The summed E-state index contributed by atoms with van der Waals surface area (Å²) < 4.78 is 0. The minimum Gasteiger partial charge on any atom is -0.389 e. The van der Waals surface area contributed by atoms with Crippen molar-refractivity contribution in [3.8, 4) is 0 Å². The maximum absolute atomic E-state index is 12.5. The SMILES string of the molecule is Cc1ncccc1C(=O)N(C)c1cccc(C(N)=S)c1. The first kappa shape index (κ1) is 14.1. The number of hydrogen-bond acceptors (Lipinski definition) is 3. The molecule has 0 saturated heterocycles. The molecule has 1 heterocycles. The third kappa shape index (κ3) is 2.83. The van der Waals surface area contributed by atoms with E-state index >= 15 is 0 Å². The van der Waals surface area contributed by atoms with E-state index in [1.807, 2.05) is 25.1 Å². The third-order valence-corrected chi connectivity index (χ3v) is 3.30. The molecule has 0 atom stereocenters. The van der Waals surface area contributed by atoms with Crippen molar-refractivity contribution in [1.82, 2.24) is 4.98 Å². The number of aromatic nitrogens is 1. The van der Waals surface area contributed by atoms with Crippen molar-refractivity contribution in [2.24, 2.45) is 5.73 Å². The predicted molar refractivity (Wildman–Crippen MR) is 84.0 cm³/mol. The van der Waals surface area contributed by atoms with Crippen LogP contribution in [-0.2, 0) is 0 Å². The number of benzene rings is 1. The molecule has 0 aliphatic heterocycles. The molecule has 102 valence electrons. The number of pyridine rings is 1. The number of carbonyl (C=O) groups is 1. The Morgan fingerprint density at radius 1 is 1.30 bits per heavy atom. The molecule has 0 unspecified atom stereocenters. The highest BCUT2D eigenvalue weighted by Crippen LogP contribution is 2.18. The lowest BCUT2D eigenvalue weighted by Crippen LogP contribution is -2.27. The van der Waals surface area contributed by atoms with E-state index in [1.165, 1.54) is 0 Å². The Morgan fingerprint density at radius 3 is 2.70 bits per heavy atom. The van der Waals surface area contributed by atoms with E-state index in [9.17, 15) is 4.79 Å². The summed E-state index contributed by atoms with van der Waals surface area (Å²) >= 11 is 4.95. The molecule has 0 bridgehead atoms. The molecule has 1 amide bonds. The van der Waals surface area contributed by atoms with Crippen LogP contribution in [0.3, 0.4) is 0 Å². The van der Waals surface area contributed by atoms with Crippen molar-refractivity contribution < 1.29 is 4.79 Å². The molecular formula is C15H15N3OS. The van der Waals surface area contributed by atoms with Crippen molar-refractivity contribution in [2.75, 3.05) is 11.9 Å². The molecule has 5 heteroatoms. The lowest BCUT2D eigenvalue weighted by atomic mass is 10.1. The van der Waals surface area contributed by atoms with Crippen LogP contribution >= 0.6 is 12.2 Å². The Morgan fingerprint density at radius 2 is 2.05 bits per heavy atom. The van der Waals surface area contributed by atoms with Gasteiger partial charge < -0.3 is 10.6 Å². The van der Waals surface area contributed by atoms with Crippen molar-refractivity contribution in [2.45, 2.75) is 6.92 Å². The molecule has 0 saturated carbocycles. The van der Waals surface area contributed by atoms with E-state index in [4.69, 9.17) is 18.0 Å². The zero-order valence-corrected chi connectivity index (χ0v) is 12.1. The molecule has 1 aromatic heterocycles. The van der Waals surface area contributed by atoms with E-state index in [2.05, 4.69) is 4.98 Å². The van der Waals surface area contributed by atoms with Crippen LogP contribution < -0.4 is 10.6 Å². The Kier molecular flexibility index (Phi) is 4.10. The van der Waals surface area contributed by atoms with Crippen LogP contribution in [0.4, 0.5) is 5.69 Å². The van der Waals surface area contributed by atoms with E-state index < -0.39 is 0 Å². The molecule has 0 spiro atoms. The molecule has 4 nitrogen and oxygen atoms in total. The van der Waals surface area contributed by atoms with Crippen LogP contribution in [0.5, 0.6) is 0 Å². The second-order valence-corrected chi connectivity index (χ2v) is 4.85. The highest BCUT2D eigenvalue weighted by molar-refractivity contribution is 7.80. The molecule has 20 heavy (non-hydrogen) atoms. The second-order valence-electron chi connectivity index (χ2n) is 4.42. The van der Waals surface area contributed by atoms with Crippen LogP contribution in [0, 0.1) is 6.92 Å². The van der Waals surface area contributed by atoms with Crippen molar-refractivity contribution in [1.29, 1.82) is 0 Å². The van der Waals surface area contributed by atoms with Gasteiger partial charge in [0.25, 0.3) is 5.91 Å². The van der Waals surface area contributed by atoms with Crippen LogP contribution in [0.25, 0.3) is 0 Å². The monoisotopic (exact) mass is 285 g/mol. The minimum atomic E-state index is -0.115. The van der Waals surface area contributed by atoms with Crippen LogP contribution in [-0.4, -0.2) is 22.9 Å². The zero-order chi connectivity index (χ0) is 14.7. The molecule has 2 N–H and O–H groups in total. The van der Waals surface area contributed by atoms with Crippen LogP contribution in [0.15, 0.2) is 42.6 Å². The summed E-state index contributed by atoms with van der Waals surface area (Å²) in [6.07, 6.45) is 1.67. The number of aryl methyl sites for hydroxylation is 1. The number of anilines is 1. The summed E-state index contributed by atoms with van der Waals surface area (Å²) in [4.78, 5) is 18.5.